The summed E-state index contributed by atoms with van der Waals surface area (Å²) in [6, 6.07) is 0. The van der Waals surface area contributed by atoms with Crippen LogP contribution in [0.5, 0.6) is 0 Å². The molecule has 0 saturated heterocycles. The van der Waals surface area contributed by atoms with Crippen molar-refractivity contribution in [2.24, 2.45) is 40.4 Å². The van der Waals surface area contributed by atoms with E-state index in [0.29, 0.717) is 28.8 Å². The van der Waals surface area contributed by atoms with Gasteiger partial charge in [-0.3, -0.25) is 0 Å². The first kappa shape index (κ1) is 20.6. The van der Waals surface area contributed by atoms with Crippen LogP contribution in [0.3, 0.4) is 0 Å². The number of carbonyl (C=O) groups is 1. The number of hydrogen-bond acceptors (Lipinski definition) is 3. The highest BCUT2D eigenvalue weighted by molar-refractivity contribution is 5.56. The monoisotopic (exact) mass is 388 g/mol. The molecule has 0 N–H and O–H groups in total. The largest absolute Gasteiger partial charge is 0.381 e. The zero-order chi connectivity index (χ0) is 20.1. The lowest BCUT2D eigenvalue weighted by atomic mass is 9.47. The van der Waals surface area contributed by atoms with Gasteiger partial charge in [0, 0.05) is 14.2 Å². The zero-order valence-corrected chi connectivity index (χ0v) is 18.6. The Balaban J connectivity index is 1.58. The van der Waals surface area contributed by atoms with Crippen LogP contribution < -0.4 is 0 Å². The van der Waals surface area contributed by atoms with Crippen LogP contribution in [0.25, 0.3) is 0 Å². The summed E-state index contributed by atoms with van der Waals surface area (Å²) in [5.41, 5.74) is 2.45. The molecule has 0 spiro atoms. The van der Waals surface area contributed by atoms with Crippen molar-refractivity contribution in [1.82, 2.24) is 0 Å². The number of rotatable bonds is 5. The van der Waals surface area contributed by atoms with Crippen LogP contribution in [0, 0.1) is 40.4 Å². The van der Waals surface area contributed by atoms with Gasteiger partial charge in [-0.25, -0.2) is 0 Å². The molecule has 3 saturated carbocycles. The normalized spacial score (nSPS) is 47.3. The Morgan fingerprint density at radius 1 is 1.11 bits per heavy atom. The highest BCUT2D eigenvalue weighted by atomic mass is 16.5. The molecule has 3 heteroatoms. The van der Waals surface area contributed by atoms with E-state index in [1.165, 1.54) is 44.9 Å². The molecule has 158 valence electrons. The molecule has 0 aromatic rings. The molecule has 0 amide bonds. The third-order valence-corrected chi connectivity index (χ3v) is 10.0. The first-order valence-electron chi connectivity index (χ1n) is 11.6. The molecule has 9 atom stereocenters. The van der Waals surface area contributed by atoms with Gasteiger partial charge in [0.25, 0.3) is 0 Å². The summed E-state index contributed by atoms with van der Waals surface area (Å²) in [7, 11) is 3.56. The van der Waals surface area contributed by atoms with Gasteiger partial charge in [0.2, 0.25) is 0 Å². The van der Waals surface area contributed by atoms with E-state index < -0.39 is 0 Å². The summed E-state index contributed by atoms with van der Waals surface area (Å²) in [6.45, 7) is 7.36. The van der Waals surface area contributed by atoms with Gasteiger partial charge in [0.15, 0.2) is 0 Å². The summed E-state index contributed by atoms with van der Waals surface area (Å²) in [5.74, 6) is 3.38. The summed E-state index contributed by atoms with van der Waals surface area (Å²) in [4.78, 5) is 11.5. The highest BCUT2D eigenvalue weighted by Crippen LogP contribution is 2.67. The first-order valence-corrected chi connectivity index (χ1v) is 11.6. The van der Waals surface area contributed by atoms with Gasteiger partial charge in [-0.05, 0) is 91.8 Å². The Bertz CT molecular complexity index is 627. The Kier molecular flexibility index (Phi) is 5.55. The third-order valence-electron chi connectivity index (χ3n) is 10.0. The van der Waals surface area contributed by atoms with E-state index in [0.717, 1.165) is 30.5 Å². The maximum Gasteiger partial charge on any atom is 0.149 e. The Labute approximate surface area is 171 Å². The van der Waals surface area contributed by atoms with E-state index in [9.17, 15) is 4.79 Å². The average molecular weight is 389 g/mol. The van der Waals surface area contributed by atoms with E-state index in [1.807, 2.05) is 7.11 Å². The van der Waals surface area contributed by atoms with Crippen LogP contribution in [-0.4, -0.2) is 32.7 Å². The van der Waals surface area contributed by atoms with Gasteiger partial charge in [-0.15, -0.1) is 0 Å². The second-order valence-electron chi connectivity index (χ2n) is 10.8. The quantitative estimate of drug-likeness (QED) is 0.465. The summed E-state index contributed by atoms with van der Waals surface area (Å²) >= 11 is 0. The molecule has 3 fully saturated rings. The molecule has 4 aliphatic carbocycles. The Morgan fingerprint density at radius 2 is 1.89 bits per heavy atom. The Morgan fingerprint density at radius 3 is 2.57 bits per heavy atom. The number of methoxy groups -OCH3 is 2. The number of carbonyl (C=O) groups excluding carboxylic acids is 1. The topological polar surface area (TPSA) is 35.5 Å². The molecule has 0 aromatic heterocycles. The summed E-state index contributed by atoms with van der Waals surface area (Å²) in [6.07, 6.45) is 14.0. The van der Waals surface area contributed by atoms with Crippen molar-refractivity contribution in [1.29, 1.82) is 0 Å². The summed E-state index contributed by atoms with van der Waals surface area (Å²) in [5, 5.41) is 0. The number of hydrogen-bond donors (Lipinski definition) is 0. The molecule has 0 aliphatic heterocycles. The van der Waals surface area contributed by atoms with Gasteiger partial charge in [0.05, 0.1) is 6.10 Å². The van der Waals surface area contributed by atoms with Gasteiger partial charge in [-0.2, -0.15) is 0 Å². The minimum atomic E-state index is -0.252. The molecule has 0 bridgehead atoms. The molecule has 0 aromatic carbocycles. The molecule has 0 heterocycles. The fourth-order valence-electron chi connectivity index (χ4n) is 8.36. The van der Waals surface area contributed by atoms with Crippen LogP contribution in [0.4, 0.5) is 0 Å². The number of ether oxygens (including phenoxy) is 2. The van der Waals surface area contributed by atoms with Crippen molar-refractivity contribution in [2.45, 2.75) is 84.3 Å². The van der Waals surface area contributed by atoms with Crippen molar-refractivity contribution in [3.8, 4) is 0 Å². The smallest absolute Gasteiger partial charge is 0.149 e. The van der Waals surface area contributed by atoms with Gasteiger partial charge in [-0.1, -0.05) is 32.4 Å². The molecule has 0 radical (unpaired) electrons. The predicted molar refractivity (Wildman–Crippen MR) is 112 cm³/mol. The van der Waals surface area contributed by atoms with Crippen molar-refractivity contribution in [2.75, 3.05) is 14.2 Å². The van der Waals surface area contributed by atoms with Gasteiger partial charge in [0.1, 0.15) is 12.4 Å². The second kappa shape index (κ2) is 7.54. The minimum absolute atomic E-state index is 0.252. The molecule has 3 nitrogen and oxygen atoms in total. The predicted octanol–water partition coefficient (Wildman–Crippen LogP) is 5.43. The van der Waals surface area contributed by atoms with Crippen LogP contribution in [-0.2, 0) is 14.3 Å². The molecule has 4 rings (SSSR count). The fraction of sp³-hybridized carbons (Fsp3) is 0.880. The van der Waals surface area contributed by atoms with E-state index in [-0.39, 0.29) is 6.10 Å². The van der Waals surface area contributed by atoms with Gasteiger partial charge >= 0.3 is 0 Å². The van der Waals surface area contributed by atoms with Crippen LogP contribution in [0.2, 0.25) is 0 Å². The van der Waals surface area contributed by atoms with E-state index >= 15 is 0 Å². The van der Waals surface area contributed by atoms with Crippen molar-refractivity contribution in [3.05, 3.63) is 11.6 Å². The number of fused-ring (bicyclic) bond motifs is 5. The average Bonchev–Trinajstić information content (AvgIpc) is 3.05. The maximum absolute atomic E-state index is 11.5. The molecule has 0 unspecified atom stereocenters. The van der Waals surface area contributed by atoms with Crippen LogP contribution >= 0.6 is 0 Å². The summed E-state index contributed by atoms with van der Waals surface area (Å²) < 4.78 is 11.2. The SMILES string of the molecule is CO[C@H]1CC[C@@]2(C)C(=CC[C@H]3[C@@H]4CC[C@H]([C@H](C)[C@H](C=O)OC)[C@@]4(C)CC[C@@H]32)C1. The van der Waals surface area contributed by atoms with Crippen molar-refractivity contribution < 1.29 is 14.3 Å². The lowest BCUT2D eigenvalue weighted by molar-refractivity contribution is -0.123. The zero-order valence-electron chi connectivity index (χ0n) is 18.6. The van der Waals surface area contributed by atoms with Crippen LogP contribution in [0.15, 0.2) is 11.6 Å². The van der Waals surface area contributed by atoms with Crippen LogP contribution in [0.1, 0.15) is 72.1 Å². The minimum Gasteiger partial charge on any atom is -0.381 e. The first-order chi connectivity index (χ1) is 13.4. The molecular formula is C25H40O3. The Hall–Kier alpha value is -0.670. The molecule has 28 heavy (non-hydrogen) atoms. The van der Waals surface area contributed by atoms with Crippen molar-refractivity contribution in [3.63, 3.8) is 0 Å². The highest BCUT2D eigenvalue weighted by Gasteiger charge is 2.59. The number of allylic oxidation sites excluding steroid dienone is 1. The lowest BCUT2D eigenvalue weighted by Gasteiger charge is -2.58. The van der Waals surface area contributed by atoms with E-state index in [1.54, 1.807) is 12.7 Å². The van der Waals surface area contributed by atoms with Gasteiger partial charge < -0.3 is 14.3 Å². The lowest BCUT2D eigenvalue weighted by Crippen LogP contribution is -2.51. The van der Waals surface area contributed by atoms with E-state index in [4.69, 9.17) is 9.47 Å². The molecule has 4 aliphatic rings. The second-order valence-corrected chi connectivity index (χ2v) is 10.8. The standard InChI is InChI=1S/C25H40O3/c1-16(23(15-26)28-5)20-8-9-21-19-7-6-17-14-18(27-4)10-12-24(17,2)22(19)11-13-25(20,21)3/h6,15-16,18-23H,7-14H2,1-5H3/t16-,18-,19-,20+,21-,22-,23-,24-,25+/m0/s1. The van der Waals surface area contributed by atoms with E-state index in [2.05, 4.69) is 26.8 Å². The molecular weight excluding hydrogens is 348 g/mol. The fourth-order valence-corrected chi connectivity index (χ4v) is 8.36. The maximum atomic E-state index is 11.5. The third kappa shape index (κ3) is 2.95. The number of aldehydes is 1. The van der Waals surface area contributed by atoms with Crippen molar-refractivity contribution >= 4 is 6.29 Å².